The molecule has 15 heavy (non-hydrogen) atoms. The third kappa shape index (κ3) is 4.42. The van der Waals surface area contributed by atoms with E-state index in [4.69, 9.17) is 5.11 Å². The van der Waals surface area contributed by atoms with Crippen molar-refractivity contribution in [1.29, 1.82) is 0 Å². The van der Waals surface area contributed by atoms with Crippen LogP contribution in [-0.4, -0.2) is 31.7 Å². The molecule has 73 valence electrons. The molecular weight excluding hydrogens is 250 g/mol. The number of hydrogen-bond donors (Lipinski definition) is 2. The van der Waals surface area contributed by atoms with Gasteiger partial charge in [-0.1, -0.05) is 18.2 Å². The number of aromatic nitrogens is 4. The molecule has 0 saturated carbocycles. The zero-order valence-electron chi connectivity index (χ0n) is 7.79. The van der Waals surface area contributed by atoms with E-state index in [-0.39, 0.29) is 0 Å². The van der Waals surface area contributed by atoms with Gasteiger partial charge in [0, 0.05) is 0 Å². The van der Waals surface area contributed by atoms with Gasteiger partial charge in [-0.15, -0.1) is 0 Å². The third-order valence-corrected chi connectivity index (χ3v) is 2.04. The summed E-state index contributed by atoms with van der Waals surface area (Å²) in [6.07, 6.45) is 0. The molecule has 1 aromatic heterocycles. The van der Waals surface area contributed by atoms with Crippen molar-refractivity contribution in [3.63, 3.8) is 0 Å². The number of nitrogens with zero attached hydrogens (tertiary/aromatic N) is 3. The van der Waals surface area contributed by atoms with Gasteiger partial charge in [0.2, 0.25) is 0 Å². The number of nitrogens with one attached hydrogen (secondary N) is 1. The van der Waals surface area contributed by atoms with Crippen molar-refractivity contribution in [1.82, 2.24) is 20.6 Å². The number of carboxylic acids is 1. The van der Waals surface area contributed by atoms with E-state index in [2.05, 4.69) is 20.6 Å². The van der Waals surface area contributed by atoms with Crippen molar-refractivity contribution in [2.75, 3.05) is 0 Å². The van der Waals surface area contributed by atoms with Crippen LogP contribution in [0.4, 0.5) is 0 Å². The Hall–Kier alpha value is -1.62. The number of benzene rings is 1. The SMILES string of the molecule is O=C(O)c1ccccc1.[Zn][c]1nnn[nH]1. The molecule has 2 rings (SSSR count). The molecule has 0 radical (unpaired) electrons. The second-order valence-corrected chi connectivity index (χ2v) is 3.92. The van der Waals surface area contributed by atoms with Crippen LogP contribution in [0.1, 0.15) is 10.4 Å². The summed E-state index contributed by atoms with van der Waals surface area (Å²) in [4.78, 5) is 10.2. The van der Waals surface area contributed by atoms with Crippen molar-refractivity contribution in [2.45, 2.75) is 0 Å². The molecule has 1 heterocycles. The molecule has 0 aliphatic rings. The summed E-state index contributed by atoms with van der Waals surface area (Å²) in [5.74, 6) is -0.879. The Bertz CT molecular complexity index is 404. The van der Waals surface area contributed by atoms with Gasteiger partial charge in [0.25, 0.3) is 0 Å². The van der Waals surface area contributed by atoms with Crippen LogP contribution >= 0.6 is 0 Å². The molecule has 1 aromatic carbocycles. The van der Waals surface area contributed by atoms with E-state index in [1.165, 1.54) is 0 Å². The summed E-state index contributed by atoms with van der Waals surface area (Å²) in [5, 5.41) is 21.2. The normalized spacial score (nSPS) is 8.93. The van der Waals surface area contributed by atoms with Crippen LogP contribution in [0.2, 0.25) is 0 Å². The van der Waals surface area contributed by atoms with Crippen LogP contribution in [-0.2, 0) is 18.3 Å². The summed E-state index contributed by atoms with van der Waals surface area (Å²) in [6.45, 7) is 0. The number of hydrogen-bond acceptors (Lipinski definition) is 4. The molecule has 0 spiro atoms. The van der Waals surface area contributed by atoms with Crippen LogP contribution in [0.3, 0.4) is 0 Å². The molecule has 0 atom stereocenters. The van der Waals surface area contributed by atoms with E-state index in [0.717, 1.165) is 22.7 Å². The van der Waals surface area contributed by atoms with Gasteiger partial charge < -0.3 is 5.11 Å². The number of carboxylic acid groups (broad SMARTS) is 1. The van der Waals surface area contributed by atoms with Crippen molar-refractivity contribution < 1.29 is 28.2 Å². The quantitative estimate of drug-likeness (QED) is 0.687. The number of H-pyrrole nitrogens is 1. The molecule has 6 nitrogen and oxygen atoms in total. The minimum atomic E-state index is -0.879. The number of aromatic carboxylic acids is 1. The Morgan fingerprint density at radius 2 is 2.00 bits per heavy atom. The fourth-order valence-corrected chi connectivity index (χ4v) is 1.04. The standard InChI is InChI=1S/C7H6O2.CHN4.Zn/c8-7(9)6-4-2-1-3-5-6;1-2-4-5-3-1;/h1-5H,(H,8,9);(H,2,3,4,5);. The fraction of sp³-hybridized carbons (Fsp3) is 0. The Morgan fingerprint density at radius 3 is 2.27 bits per heavy atom. The van der Waals surface area contributed by atoms with Gasteiger partial charge in [-0.05, 0) is 12.1 Å². The van der Waals surface area contributed by atoms with Crippen LogP contribution in [0.5, 0.6) is 0 Å². The van der Waals surface area contributed by atoms with Crippen molar-refractivity contribution >= 4 is 10.4 Å². The van der Waals surface area contributed by atoms with E-state index < -0.39 is 5.97 Å². The molecule has 2 N–H and O–H groups in total. The number of tetrazole rings is 1. The fourth-order valence-electron chi connectivity index (χ4n) is 0.760. The molecule has 2 aromatic rings. The average molecular weight is 257 g/mol. The van der Waals surface area contributed by atoms with E-state index in [1.54, 1.807) is 30.3 Å². The van der Waals surface area contributed by atoms with Gasteiger partial charge >= 0.3 is 49.3 Å². The second kappa shape index (κ2) is 5.98. The van der Waals surface area contributed by atoms with Crippen LogP contribution in [0.25, 0.3) is 0 Å². The predicted octanol–water partition coefficient (Wildman–Crippen LogP) is -0.243. The van der Waals surface area contributed by atoms with E-state index in [9.17, 15) is 4.79 Å². The molecule has 0 unspecified atom stereocenters. The van der Waals surface area contributed by atoms with Crippen LogP contribution in [0.15, 0.2) is 30.3 Å². The average Bonchev–Trinajstić information content (AvgIpc) is 2.71. The Kier molecular flexibility index (Phi) is 4.57. The Labute approximate surface area is 95.4 Å². The molecule has 0 aliphatic carbocycles. The first-order valence-electron chi connectivity index (χ1n) is 4.04. The van der Waals surface area contributed by atoms with E-state index in [0.29, 0.717) is 5.56 Å². The van der Waals surface area contributed by atoms with E-state index in [1.807, 2.05) is 0 Å². The minimum absolute atomic E-state index is 0.331. The first kappa shape index (κ1) is 11.5. The van der Waals surface area contributed by atoms with Gasteiger partial charge in [0.05, 0.1) is 5.56 Å². The van der Waals surface area contributed by atoms with Crippen molar-refractivity contribution in [3.05, 3.63) is 35.9 Å². The molecule has 0 fully saturated rings. The summed E-state index contributed by atoms with van der Waals surface area (Å²) in [7, 11) is 0. The van der Waals surface area contributed by atoms with Gasteiger partial charge in [-0.25, -0.2) is 4.79 Å². The van der Waals surface area contributed by atoms with Crippen LogP contribution < -0.4 is 4.42 Å². The molecule has 0 aliphatic heterocycles. The zero-order chi connectivity index (χ0) is 11.1. The predicted molar refractivity (Wildman–Crippen MR) is 47.2 cm³/mol. The first-order chi connectivity index (χ1) is 7.20. The molecule has 0 saturated heterocycles. The molecule has 0 amide bonds. The monoisotopic (exact) mass is 255 g/mol. The topological polar surface area (TPSA) is 91.8 Å². The Balaban J connectivity index is 0.000000162. The van der Waals surface area contributed by atoms with Crippen molar-refractivity contribution in [3.8, 4) is 0 Å². The number of carbonyl (C=O) groups is 1. The molecule has 7 heteroatoms. The first-order valence-corrected chi connectivity index (χ1v) is 5.52. The van der Waals surface area contributed by atoms with Gasteiger partial charge in [0.15, 0.2) is 0 Å². The van der Waals surface area contributed by atoms with Gasteiger partial charge in [-0.3, -0.25) is 0 Å². The maximum atomic E-state index is 10.2. The van der Waals surface area contributed by atoms with Crippen molar-refractivity contribution in [2.24, 2.45) is 0 Å². The summed E-state index contributed by atoms with van der Waals surface area (Å²) in [6, 6.07) is 8.30. The van der Waals surface area contributed by atoms with E-state index >= 15 is 0 Å². The summed E-state index contributed by atoms with van der Waals surface area (Å²) >= 11 is 0.993. The number of rotatable bonds is 1. The summed E-state index contributed by atoms with van der Waals surface area (Å²) in [5.41, 5.74) is 0.331. The number of aromatic amines is 1. The molecule has 0 bridgehead atoms. The van der Waals surface area contributed by atoms with Gasteiger partial charge in [-0.2, -0.15) is 0 Å². The maximum absolute atomic E-state index is 10.2. The second-order valence-electron chi connectivity index (χ2n) is 2.52. The Morgan fingerprint density at radius 1 is 1.33 bits per heavy atom. The zero-order valence-corrected chi connectivity index (χ0v) is 10.8. The molecular formula is C8H7N4O2Zn. The summed E-state index contributed by atoms with van der Waals surface area (Å²) < 4.78 is 0.870. The third-order valence-electron chi connectivity index (χ3n) is 1.41. The van der Waals surface area contributed by atoms with Crippen LogP contribution in [0, 0.1) is 0 Å². The van der Waals surface area contributed by atoms with Gasteiger partial charge in [0.1, 0.15) is 0 Å².